The van der Waals surface area contributed by atoms with Crippen LogP contribution >= 0.6 is 0 Å². The zero-order chi connectivity index (χ0) is 18.6. The Hall–Kier alpha value is -3.90. The molecule has 27 heavy (non-hydrogen) atoms. The molecular weight excluding hydrogens is 330 g/mol. The Balaban J connectivity index is 2.05. The molecule has 3 aromatic rings. The van der Waals surface area contributed by atoms with Gasteiger partial charge in [-0.1, -0.05) is 91.0 Å². The van der Waals surface area contributed by atoms with E-state index in [4.69, 9.17) is 5.73 Å². The molecule has 0 fully saturated rings. The fourth-order valence-electron chi connectivity index (χ4n) is 3.30. The van der Waals surface area contributed by atoms with Gasteiger partial charge in [0.25, 0.3) is 0 Å². The zero-order valence-electron chi connectivity index (χ0n) is 14.6. The van der Waals surface area contributed by atoms with Gasteiger partial charge in [-0.25, -0.2) is 4.99 Å². The number of nitrogens with two attached hydrogens (primary N) is 1. The number of rotatable bonds is 3. The van der Waals surface area contributed by atoms with Crippen LogP contribution in [0.25, 0.3) is 16.7 Å². The van der Waals surface area contributed by atoms with Crippen molar-refractivity contribution in [3.63, 3.8) is 0 Å². The van der Waals surface area contributed by atoms with E-state index in [1.54, 1.807) is 0 Å². The molecule has 0 aromatic heterocycles. The number of benzene rings is 3. The highest BCUT2D eigenvalue weighted by molar-refractivity contribution is 6.35. The first-order valence-corrected chi connectivity index (χ1v) is 8.69. The second-order valence-electron chi connectivity index (χ2n) is 6.18. The lowest BCUT2D eigenvalue weighted by Crippen LogP contribution is -2.11. The number of allylic oxidation sites excluding steroid dienone is 2. The normalized spacial score (nSPS) is 15.3. The Bertz CT molecular complexity index is 1100. The van der Waals surface area contributed by atoms with Crippen LogP contribution in [0.5, 0.6) is 0 Å². The van der Waals surface area contributed by atoms with E-state index in [-0.39, 0.29) is 0 Å². The summed E-state index contributed by atoms with van der Waals surface area (Å²) in [6.45, 7) is 0. The van der Waals surface area contributed by atoms with Crippen molar-refractivity contribution in [3.8, 4) is 6.07 Å². The Morgan fingerprint density at radius 2 is 1.19 bits per heavy atom. The van der Waals surface area contributed by atoms with Crippen LogP contribution in [0.4, 0.5) is 0 Å². The fourth-order valence-corrected chi connectivity index (χ4v) is 3.30. The van der Waals surface area contributed by atoms with Crippen LogP contribution in [0.1, 0.15) is 16.7 Å². The van der Waals surface area contributed by atoms with Crippen LogP contribution in [0, 0.1) is 11.3 Å². The summed E-state index contributed by atoms with van der Waals surface area (Å²) in [6, 6.07) is 31.8. The quantitative estimate of drug-likeness (QED) is 0.685. The predicted molar refractivity (Wildman–Crippen MR) is 110 cm³/mol. The summed E-state index contributed by atoms with van der Waals surface area (Å²) in [5, 5.41) is 9.91. The lowest BCUT2D eigenvalue weighted by Gasteiger charge is -2.11. The number of nitriles is 1. The molecule has 2 N–H and O–H groups in total. The van der Waals surface area contributed by atoms with Crippen LogP contribution < -0.4 is 5.73 Å². The number of hydrogen-bond donors (Lipinski definition) is 1. The van der Waals surface area contributed by atoms with Gasteiger partial charge in [-0.2, -0.15) is 5.26 Å². The topological polar surface area (TPSA) is 62.2 Å². The van der Waals surface area contributed by atoms with Crippen LogP contribution in [0.2, 0.25) is 0 Å². The van der Waals surface area contributed by atoms with Crippen molar-refractivity contribution in [2.45, 2.75) is 0 Å². The van der Waals surface area contributed by atoms with E-state index in [1.807, 2.05) is 91.0 Å². The highest BCUT2D eigenvalue weighted by atomic mass is 14.9. The molecule has 0 unspecified atom stereocenters. The molecule has 3 aromatic carbocycles. The van der Waals surface area contributed by atoms with Crippen molar-refractivity contribution in [3.05, 3.63) is 113 Å². The largest absolute Gasteiger partial charge is 0.383 e. The van der Waals surface area contributed by atoms with Gasteiger partial charge in [0.05, 0.1) is 11.3 Å². The average molecular weight is 347 g/mol. The second kappa shape index (κ2) is 7.15. The van der Waals surface area contributed by atoms with E-state index in [0.717, 1.165) is 27.8 Å². The highest BCUT2D eigenvalue weighted by Gasteiger charge is 2.27. The maximum atomic E-state index is 9.91. The third-order valence-electron chi connectivity index (χ3n) is 4.51. The lowest BCUT2D eigenvalue weighted by molar-refractivity contribution is 1.41. The summed E-state index contributed by atoms with van der Waals surface area (Å²) in [5.41, 5.74) is 12.0. The molecule has 128 valence electrons. The van der Waals surface area contributed by atoms with Gasteiger partial charge in [-0.3, -0.25) is 0 Å². The Labute approximate surface area is 158 Å². The van der Waals surface area contributed by atoms with Gasteiger partial charge in [0.2, 0.25) is 0 Å². The minimum atomic E-state index is 0.429. The van der Waals surface area contributed by atoms with Crippen LogP contribution in [-0.2, 0) is 0 Å². The molecule has 3 nitrogen and oxygen atoms in total. The standard InChI is InChI=1S/C24H17N3/c25-16-20(17-10-4-1-5-11-17)23-21(18-12-6-2-7-13-18)22(24(26)27-23)19-14-8-3-9-15-19/h1-15H,(H2,26,27)/b23-20-. The molecule has 1 heterocycles. The van der Waals surface area contributed by atoms with Crippen LogP contribution in [0.15, 0.2) is 102 Å². The maximum Gasteiger partial charge on any atom is 0.132 e. The van der Waals surface area contributed by atoms with E-state index < -0.39 is 0 Å². The van der Waals surface area contributed by atoms with Crippen molar-refractivity contribution in [2.75, 3.05) is 0 Å². The fraction of sp³-hybridized carbons (Fsp3) is 0. The number of hydrogen-bond acceptors (Lipinski definition) is 3. The van der Waals surface area contributed by atoms with E-state index in [2.05, 4.69) is 11.1 Å². The monoisotopic (exact) mass is 347 g/mol. The first kappa shape index (κ1) is 16.6. The molecule has 0 bridgehead atoms. The summed E-state index contributed by atoms with van der Waals surface area (Å²) in [6.07, 6.45) is 0. The van der Waals surface area contributed by atoms with Crippen molar-refractivity contribution in [1.29, 1.82) is 5.26 Å². The molecule has 0 aliphatic carbocycles. The Morgan fingerprint density at radius 3 is 1.70 bits per heavy atom. The molecule has 3 heteroatoms. The molecule has 0 saturated heterocycles. The SMILES string of the molecule is N#C/C(=C1/N=C(N)C(c2ccccc2)=C1c1ccccc1)c1ccccc1. The summed E-state index contributed by atoms with van der Waals surface area (Å²) in [5.74, 6) is 0.429. The van der Waals surface area contributed by atoms with Gasteiger partial charge in [0, 0.05) is 11.1 Å². The van der Waals surface area contributed by atoms with Crippen LogP contribution in [-0.4, -0.2) is 5.84 Å². The zero-order valence-corrected chi connectivity index (χ0v) is 14.6. The summed E-state index contributed by atoms with van der Waals surface area (Å²) in [4.78, 5) is 4.63. The minimum Gasteiger partial charge on any atom is -0.383 e. The molecule has 0 saturated carbocycles. The molecule has 4 rings (SSSR count). The molecule has 1 aliphatic rings. The highest BCUT2D eigenvalue weighted by Crippen LogP contribution is 2.41. The van der Waals surface area contributed by atoms with Crippen molar-refractivity contribution in [2.24, 2.45) is 10.7 Å². The van der Waals surface area contributed by atoms with E-state index in [1.165, 1.54) is 0 Å². The van der Waals surface area contributed by atoms with Gasteiger partial charge in [-0.15, -0.1) is 0 Å². The van der Waals surface area contributed by atoms with Crippen LogP contribution in [0.3, 0.4) is 0 Å². The summed E-state index contributed by atoms with van der Waals surface area (Å²) < 4.78 is 0. The Morgan fingerprint density at radius 1 is 0.704 bits per heavy atom. The van der Waals surface area contributed by atoms with E-state index in [0.29, 0.717) is 17.1 Å². The van der Waals surface area contributed by atoms with Crippen molar-refractivity contribution in [1.82, 2.24) is 0 Å². The number of aliphatic imine (C=N–C) groups is 1. The van der Waals surface area contributed by atoms with Crippen molar-refractivity contribution >= 4 is 22.6 Å². The summed E-state index contributed by atoms with van der Waals surface area (Å²) in [7, 11) is 0. The molecular formula is C24H17N3. The van der Waals surface area contributed by atoms with Gasteiger partial charge < -0.3 is 5.73 Å². The molecule has 0 radical (unpaired) electrons. The number of nitrogens with zero attached hydrogens (tertiary/aromatic N) is 2. The number of amidine groups is 1. The first-order chi connectivity index (χ1) is 13.3. The summed E-state index contributed by atoms with van der Waals surface area (Å²) >= 11 is 0. The first-order valence-electron chi connectivity index (χ1n) is 8.69. The smallest absolute Gasteiger partial charge is 0.132 e. The minimum absolute atomic E-state index is 0.429. The van der Waals surface area contributed by atoms with Gasteiger partial charge >= 0.3 is 0 Å². The molecule has 1 aliphatic heterocycles. The predicted octanol–water partition coefficient (Wildman–Crippen LogP) is 4.90. The van der Waals surface area contributed by atoms with E-state index >= 15 is 0 Å². The maximum absolute atomic E-state index is 9.91. The van der Waals surface area contributed by atoms with Gasteiger partial charge in [0.1, 0.15) is 11.9 Å². The molecule has 0 amide bonds. The third-order valence-corrected chi connectivity index (χ3v) is 4.51. The third kappa shape index (κ3) is 3.05. The van der Waals surface area contributed by atoms with Gasteiger partial charge in [-0.05, 0) is 16.7 Å². The molecule has 0 spiro atoms. The van der Waals surface area contributed by atoms with E-state index in [9.17, 15) is 5.26 Å². The average Bonchev–Trinajstić information content (AvgIpc) is 3.07. The second-order valence-corrected chi connectivity index (χ2v) is 6.18. The van der Waals surface area contributed by atoms with Gasteiger partial charge in [0.15, 0.2) is 0 Å². The Kier molecular flexibility index (Phi) is 4.38. The van der Waals surface area contributed by atoms with Crippen molar-refractivity contribution < 1.29 is 0 Å². The molecule has 0 atom stereocenters. The lowest BCUT2D eigenvalue weighted by atomic mass is 9.91.